The van der Waals surface area contributed by atoms with E-state index >= 15 is 0 Å². The zero-order valence-corrected chi connectivity index (χ0v) is 7.64. The van der Waals surface area contributed by atoms with Gasteiger partial charge >= 0.3 is 0 Å². The van der Waals surface area contributed by atoms with Crippen molar-refractivity contribution in [2.45, 2.75) is 0 Å². The molecule has 0 radical (unpaired) electrons. The van der Waals surface area contributed by atoms with Crippen LogP contribution in [0.3, 0.4) is 0 Å². The summed E-state index contributed by atoms with van der Waals surface area (Å²) in [7, 11) is 1.59. The van der Waals surface area contributed by atoms with E-state index in [1.165, 1.54) is 12.5 Å². The van der Waals surface area contributed by atoms with Gasteiger partial charge in [0.2, 0.25) is 0 Å². The van der Waals surface area contributed by atoms with Crippen LogP contribution in [0.4, 0.5) is 0 Å². The van der Waals surface area contributed by atoms with Gasteiger partial charge in [-0.05, 0) is 12.1 Å². The van der Waals surface area contributed by atoms with Crippen molar-refractivity contribution in [1.82, 2.24) is 5.16 Å². The summed E-state index contributed by atoms with van der Waals surface area (Å²) in [5.41, 5.74) is 0. The van der Waals surface area contributed by atoms with Crippen LogP contribution in [0.5, 0.6) is 17.2 Å². The standard InChI is InChI=1S/C10H9NO3/c1-12-9-4-2-3-5-10(9)14-8-6-11-13-7-8/h2-7H,1H3. The van der Waals surface area contributed by atoms with Crippen LogP contribution in [0.25, 0.3) is 0 Å². The zero-order chi connectivity index (χ0) is 9.80. The van der Waals surface area contributed by atoms with Gasteiger partial charge in [-0.1, -0.05) is 17.3 Å². The summed E-state index contributed by atoms with van der Waals surface area (Å²) in [6.07, 6.45) is 2.92. The van der Waals surface area contributed by atoms with Crippen molar-refractivity contribution in [2.24, 2.45) is 0 Å². The molecule has 2 aromatic rings. The molecule has 1 aromatic heterocycles. The second kappa shape index (κ2) is 3.83. The van der Waals surface area contributed by atoms with Gasteiger partial charge in [0.25, 0.3) is 0 Å². The highest BCUT2D eigenvalue weighted by atomic mass is 16.5. The van der Waals surface area contributed by atoms with Gasteiger partial charge in [0.1, 0.15) is 6.20 Å². The zero-order valence-electron chi connectivity index (χ0n) is 7.64. The SMILES string of the molecule is COc1ccccc1Oc1cnoc1. The van der Waals surface area contributed by atoms with Crippen LogP contribution in [0.1, 0.15) is 0 Å². The van der Waals surface area contributed by atoms with E-state index in [0.29, 0.717) is 17.2 Å². The highest BCUT2D eigenvalue weighted by molar-refractivity contribution is 5.41. The van der Waals surface area contributed by atoms with Gasteiger partial charge in [-0.2, -0.15) is 0 Å². The Labute approximate surface area is 81.0 Å². The highest BCUT2D eigenvalue weighted by Crippen LogP contribution is 2.30. The maximum Gasteiger partial charge on any atom is 0.186 e. The normalized spacial score (nSPS) is 9.79. The molecule has 0 aliphatic rings. The maximum atomic E-state index is 5.46. The summed E-state index contributed by atoms with van der Waals surface area (Å²) >= 11 is 0. The molecule has 0 atom stereocenters. The third-order valence-corrected chi connectivity index (χ3v) is 1.71. The van der Waals surface area contributed by atoms with Crippen molar-refractivity contribution >= 4 is 0 Å². The Bertz CT molecular complexity index is 398. The lowest BCUT2D eigenvalue weighted by molar-refractivity contribution is 0.374. The Balaban J connectivity index is 2.24. The predicted molar refractivity (Wildman–Crippen MR) is 49.6 cm³/mol. The molecule has 0 saturated carbocycles. The van der Waals surface area contributed by atoms with Crippen LogP contribution >= 0.6 is 0 Å². The fraction of sp³-hybridized carbons (Fsp3) is 0.100. The average Bonchev–Trinajstić information content (AvgIpc) is 2.71. The molecule has 0 amide bonds. The number of hydrogen-bond acceptors (Lipinski definition) is 4. The number of methoxy groups -OCH3 is 1. The molecule has 0 unspecified atom stereocenters. The van der Waals surface area contributed by atoms with Gasteiger partial charge in [-0.15, -0.1) is 0 Å². The summed E-state index contributed by atoms with van der Waals surface area (Å²) in [5, 5.41) is 3.53. The molecule has 0 saturated heterocycles. The predicted octanol–water partition coefficient (Wildman–Crippen LogP) is 2.48. The van der Waals surface area contributed by atoms with Crippen LogP contribution in [0.2, 0.25) is 0 Å². The van der Waals surface area contributed by atoms with E-state index < -0.39 is 0 Å². The number of hydrogen-bond donors (Lipinski definition) is 0. The Morgan fingerprint density at radius 3 is 2.64 bits per heavy atom. The van der Waals surface area contributed by atoms with Crippen molar-refractivity contribution < 1.29 is 14.0 Å². The third kappa shape index (κ3) is 1.69. The molecule has 2 rings (SSSR count). The number of rotatable bonds is 3. The van der Waals surface area contributed by atoms with Gasteiger partial charge in [0.05, 0.1) is 7.11 Å². The Kier molecular flexibility index (Phi) is 2.36. The molecule has 0 spiro atoms. The summed E-state index contributed by atoms with van der Waals surface area (Å²) in [6.45, 7) is 0. The van der Waals surface area contributed by atoms with Gasteiger partial charge in [0.15, 0.2) is 23.5 Å². The summed E-state index contributed by atoms with van der Waals surface area (Å²) in [4.78, 5) is 0. The quantitative estimate of drug-likeness (QED) is 0.747. The Hall–Kier alpha value is -1.97. The second-order valence-corrected chi connectivity index (χ2v) is 2.61. The number of nitrogens with zero attached hydrogens (tertiary/aromatic N) is 1. The van der Waals surface area contributed by atoms with Crippen molar-refractivity contribution in [3.63, 3.8) is 0 Å². The molecule has 0 aliphatic carbocycles. The number of ether oxygens (including phenoxy) is 2. The number of para-hydroxylation sites is 2. The van der Waals surface area contributed by atoms with Crippen LogP contribution in [-0.2, 0) is 0 Å². The van der Waals surface area contributed by atoms with Gasteiger partial charge in [-0.25, -0.2) is 0 Å². The summed E-state index contributed by atoms with van der Waals surface area (Å²) < 4.78 is 15.2. The molecule has 0 fully saturated rings. The van der Waals surface area contributed by atoms with E-state index in [4.69, 9.17) is 9.47 Å². The minimum atomic E-state index is 0.550. The third-order valence-electron chi connectivity index (χ3n) is 1.71. The van der Waals surface area contributed by atoms with Crippen LogP contribution in [0.15, 0.2) is 41.2 Å². The molecular weight excluding hydrogens is 182 g/mol. The summed E-state index contributed by atoms with van der Waals surface area (Å²) in [5.74, 6) is 1.86. The van der Waals surface area contributed by atoms with E-state index in [0.717, 1.165) is 0 Å². The Morgan fingerprint density at radius 2 is 2.00 bits per heavy atom. The molecule has 0 bridgehead atoms. The van der Waals surface area contributed by atoms with Gasteiger partial charge in [-0.3, -0.25) is 0 Å². The highest BCUT2D eigenvalue weighted by Gasteiger charge is 2.04. The molecular formula is C10H9NO3. The van der Waals surface area contributed by atoms with Crippen molar-refractivity contribution in [3.8, 4) is 17.2 Å². The topological polar surface area (TPSA) is 44.5 Å². The first-order valence-corrected chi connectivity index (χ1v) is 4.10. The fourth-order valence-corrected chi connectivity index (χ4v) is 1.08. The van der Waals surface area contributed by atoms with E-state index in [1.54, 1.807) is 7.11 Å². The summed E-state index contributed by atoms with van der Waals surface area (Å²) in [6, 6.07) is 7.37. The van der Waals surface area contributed by atoms with E-state index in [9.17, 15) is 0 Å². The largest absolute Gasteiger partial charge is 0.493 e. The van der Waals surface area contributed by atoms with Crippen LogP contribution in [-0.4, -0.2) is 12.3 Å². The first kappa shape index (κ1) is 8.62. The van der Waals surface area contributed by atoms with Crippen molar-refractivity contribution in [2.75, 3.05) is 7.11 Å². The smallest absolute Gasteiger partial charge is 0.186 e. The first-order valence-electron chi connectivity index (χ1n) is 4.10. The minimum absolute atomic E-state index is 0.550. The Morgan fingerprint density at radius 1 is 1.21 bits per heavy atom. The minimum Gasteiger partial charge on any atom is -0.493 e. The maximum absolute atomic E-state index is 5.46. The van der Waals surface area contributed by atoms with Crippen molar-refractivity contribution in [3.05, 3.63) is 36.7 Å². The van der Waals surface area contributed by atoms with Crippen LogP contribution in [0, 0.1) is 0 Å². The fourth-order valence-electron chi connectivity index (χ4n) is 1.08. The molecule has 0 aliphatic heterocycles. The lowest BCUT2D eigenvalue weighted by Gasteiger charge is -2.06. The lowest BCUT2D eigenvalue weighted by Crippen LogP contribution is -1.88. The lowest BCUT2D eigenvalue weighted by atomic mass is 10.3. The molecule has 1 heterocycles. The van der Waals surface area contributed by atoms with Gasteiger partial charge in [0, 0.05) is 0 Å². The number of aromatic nitrogens is 1. The molecule has 0 N–H and O–H groups in total. The second-order valence-electron chi connectivity index (χ2n) is 2.61. The molecule has 1 aromatic carbocycles. The first-order chi connectivity index (χ1) is 6.90. The molecule has 4 heteroatoms. The van der Waals surface area contributed by atoms with E-state index in [2.05, 4.69) is 9.68 Å². The molecule has 72 valence electrons. The van der Waals surface area contributed by atoms with E-state index in [1.807, 2.05) is 24.3 Å². The average molecular weight is 191 g/mol. The number of benzene rings is 1. The monoisotopic (exact) mass is 191 g/mol. The van der Waals surface area contributed by atoms with E-state index in [-0.39, 0.29) is 0 Å². The van der Waals surface area contributed by atoms with Crippen molar-refractivity contribution in [1.29, 1.82) is 0 Å². The molecule has 14 heavy (non-hydrogen) atoms. The molecule has 4 nitrogen and oxygen atoms in total. The van der Waals surface area contributed by atoms with Crippen LogP contribution < -0.4 is 9.47 Å². The van der Waals surface area contributed by atoms with Gasteiger partial charge < -0.3 is 14.0 Å².